The molecule has 5 aromatic carbocycles. The van der Waals surface area contributed by atoms with Crippen molar-refractivity contribution < 1.29 is 0 Å². The molecule has 0 atom stereocenters. The quantitative estimate of drug-likeness (QED) is 0.254. The molecule has 6 rings (SSSR count). The van der Waals surface area contributed by atoms with Gasteiger partial charge in [-0.25, -0.2) is 15.0 Å². The number of fused-ring (bicyclic) bond motifs is 2. The zero-order valence-corrected chi connectivity index (χ0v) is 19.2. The summed E-state index contributed by atoms with van der Waals surface area (Å²) in [6.07, 6.45) is 0. The van der Waals surface area contributed by atoms with Crippen LogP contribution in [0.3, 0.4) is 0 Å². The topological polar surface area (TPSA) is 38.7 Å². The maximum atomic E-state index is 4.99. The predicted octanol–water partition coefficient (Wildman–Crippen LogP) is 7.94. The highest BCUT2D eigenvalue weighted by molar-refractivity contribution is 9.10. The molecule has 0 aliphatic heterocycles. The van der Waals surface area contributed by atoms with E-state index in [2.05, 4.69) is 76.6 Å². The third kappa shape index (κ3) is 3.69. The van der Waals surface area contributed by atoms with Crippen LogP contribution in [0.2, 0.25) is 0 Å². The van der Waals surface area contributed by atoms with Gasteiger partial charge in [0.15, 0.2) is 17.5 Å². The second kappa shape index (κ2) is 8.23. The minimum Gasteiger partial charge on any atom is -0.208 e. The molecule has 6 aromatic rings. The van der Waals surface area contributed by atoms with Gasteiger partial charge in [0.2, 0.25) is 0 Å². The zero-order valence-electron chi connectivity index (χ0n) is 17.6. The molecule has 0 unspecified atom stereocenters. The molecule has 0 aliphatic carbocycles. The first-order valence-electron chi connectivity index (χ1n) is 10.7. The molecule has 4 heteroatoms. The van der Waals surface area contributed by atoms with Crippen LogP contribution >= 0.6 is 15.9 Å². The third-order valence-electron chi connectivity index (χ3n) is 5.78. The zero-order chi connectivity index (χ0) is 22.2. The molecule has 0 radical (unpaired) electrons. The van der Waals surface area contributed by atoms with Crippen LogP contribution in [-0.2, 0) is 0 Å². The van der Waals surface area contributed by atoms with Crippen LogP contribution in [0.15, 0.2) is 114 Å². The van der Waals surface area contributed by atoms with E-state index in [-0.39, 0.29) is 0 Å². The van der Waals surface area contributed by atoms with Gasteiger partial charge in [-0.15, -0.1) is 0 Å². The summed E-state index contributed by atoms with van der Waals surface area (Å²) in [6.45, 7) is 0. The fourth-order valence-electron chi connectivity index (χ4n) is 4.21. The fourth-order valence-corrected chi connectivity index (χ4v) is 4.61. The molecule has 0 saturated carbocycles. The number of rotatable bonds is 3. The predicted molar refractivity (Wildman–Crippen MR) is 139 cm³/mol. The second-order valence-electron chi connectivity index (χ2n) is 7.87. The van der Waals surface area contributed by atoms with Gasteiger partial charge in [0.25, 0.3) is 0 Å². The van der Waals surface area contributed by atoms with Crippen LogP contribution in [0.4, 0.5) is 0 Å². The first kappa shape index (κ1) is 19.8. The summed E-state index contributed by atoms with van der Waals surface area (Å²) < 4.78 is 0.985. The highest BCUT2D eigenvalue weighted by Gasteiger charge is 2.15. The minimum atomic E-state index is 0.650. The summed E-state index contributed by atoms with van der Waals surface area (Å²) in [5.41, 5.74) is 2.93. The van der Waals surface area contributed by atoms with Crippen molar-refractivity contribution >= 4 is 37.5 Å². The normalized spacial score (nSPS) is 11.2. The van der Waals surface area contributed by atoms with E-state index in [1.807, 2.05) is 48.5 Å². The van der Waals surface area contributed by atoms with Gasteiger partial charge in [-0.3, -0.25) is 0 Å². The Hall–Kier alpha value is -3.89. The maximum absolute atomic E-state index is 4.99. The van der Waals surface area contributed by atoms with Gasteiger partial charge in [-0.05, 0) is 33.7 Å². The average molecular weight is 488 g/mol. The minimum absolute atomic E-state index is 0.650. The molecule has 0 spiro atoms. The Morgan fingerprint density at radius 1 is 0.455 bits per heavy atom. The maximum Gasteiger partial charge on any atom is 0.164 e. The Morgan fingerprint density at radius 2 is 0.939 bits per heavy atom. The van der Waals surface area contributed by atoms with Gasteiger partial charge in [-0.2, -0.15) is 0 Å². The van der Waals surface area contributed by atoms with Crippen molar-refractivity contribution in [2.45, 2.75) is 0 Å². The van der Waals surface area contributed by atoms with Crippen molar-refractivity contribution in [1.29, 1.82) is 0 Å². The molecule has 0 saturated heterocycles. The number of benzene rings is 5. The number of halogens is 1. The number of hydrogen-bond acceptors (Lipinski definition) is 3. The lowest BCUT2D eigenvalue weighted by molar-refractivity contribution is 1.08. The summed E-state index contributed by atoms with van der Waals surface area (Å²) in [5.74, 6) is 1.98. The first-order valence-corrected chi connectivity index (χ1v) is 11.5. The summed E-state index contributed by atoms with van der Waals surface area (Å²) >= 11 is 3.58. The molecule has 1 aromatic heterocycles. The van der Waals surface area contributed by atoms with E-state index in [0.29, 0.717) is 17.5 Å². The van der Waals surface area contributed by atoms with Crippen LogP contribution in [-0.4, -0.2) is 15.0 Å². The molecule has 156 valence electrons. The van der Waals surface area contributed by atoms with Crippen LogP contribution in [0.1, 0.15) is 0 Å². The van der Waals surface area contributed by atoms with Crippen molar-refractivity contribution in [3.05, 3.63) is 114 Å². The summed E-state index contributed by atoms with van der Waals surface area (Å²) in [6, 6.07) is 37.2. The summed E-state index contributed by atoms with van der Waals surface area (Å²) in [5, 5.41) is 4.56. The second-order valence-corrected chi connectivity index (χ2v) is 8.79. The van der Waals surface area contributed by atoms with E-state index in [1.165, 1.54) is 0 Å². The molecule has 3 nitrogen and oxygen atoms in total. The molecular weight excluding hydrogens is 470 g/mol. The monoisotopic (exact) mass is 487 g/mol. The molecule has 33 heavy (non-hydrogen) atoms. The van der Waals surface area contributed by atoms with Gasteiger partial charge < -0.3 is 0 Å². The van der Waals surface area contributed by atoms with E-state index in [0.717, 1.165) is 42.7 Å². The van der Waals surface area contributed by atoms with E-state index in [1.54, 1.807) is 0 Å². The smallest absolute Gasteiger partial charge is 0.164 e. The summed E-state index contributed by atoms with van der Waals surface area (Å²) in [4.78, 5) is 14.8. The van der Waals surface area contributed by atoms with E-state index >= 15 is 0 Å². The SMILES string of the molecule is Brc1cccc(-c2nc(-c3cccc4ccccc34)nc(-c3cccc4ccccc34)n2)c1. The molecule has 0 amide bonds. The molecule has 0 bridgehead atoms. The van der Waals surface area contributed by atoms with Crippen molar-refractivity contribution in [3.63, 3.8) is 0 Å². The Morgan fingerprint density at radius 3 is 1.52 bits per heavy atom. The van der Waals surface area contributed by atoms with Gasteiger partial charge in [0.05, 0.1) is 0 Å². The van der Waals surface area contributed by atoms with Crippen molar-refractivity contribution in [3.8, 4) is 34.2 Å². The largest absolute Gasteiger partial charge is 0.208 e. The lowest BCUT2D eigenvalue weighted by atomic mass is 10.0. The van der Waals surface area contributed by atoms with Crippen molar-refractivity contribution in [1.82, 2.24) is 15.0 Å². The van der Waals surface area contributed by atoms with Gasteiger partial charge in [0.1, 0.15) is 0 Å². The number of hydrogen-bond donors (Lipinski definition) is 0. The van der Waals surface area contributed by atoms with E-state index in [4.69, 9.17) is 15.0 Å². The van der Waals surface area contributed by atoms with E-state index < -0.39 is 0 Å². The number of aromatic nitrogens is 3. The molecular formula is C29H18BrN3. The lowest BCUT2D eigenvalue weighted by Crippen LogP contribution is -2.01. The highest BCUT2D eigenvalue weighted by atomic mass is 79.9. The van der Waals surface area contributed by atoms with Gasteiger partial charge in [-0.1, -0.05) is 113 Å². The Labute approximate surface area is 199 Å². The van der Waals surface area contributed by atoms with Crippen LogP contribution in [0, 0.1) is 0 Å². The molecule has 0 fully saturated rings. The summed E-state index contributed by atoms with van der Waals surface area (Å²) in [7, 11) is 0. The van der Waals surface area contributed by atoms with E-state index in [9.17, 15) is 0 Å². The first-order chi connectivity index (χ1) is 16.3. The number of nitrogens with zero attached hydrogens (tertiary/aromatic N) is 3. The van der Waals surface area contributed by atoms with Gasteiger partial charge in [0, 0.05) is 21.2 Å². The average Bonchev–Trinajstić information content (AvgIpc) is 2.88. The van der Waals surface area contributed by atoms with Crippen molar-refractivity contribution in [2.24, 2.45) is 0 Å². The third-order valence-corrected chi connectivity index (χ3v) is 6.27. The lowest BCUT2D eigenvalue weighted by Gasteiger charge is -2.11. The Balaban J connectivity index is 1.66. The Kier molecular flexibility index (Phi) is 4.93. The van der Waals surface area contributed by atoms with Crippen LogP contribution in [0.25, 0.3) is 55.7 Å². The molecule has 0 aliphatic rings. The van der Waals surface area contributed by atoms with Crippen LogP contribution < -0.4 is 0 Å². The standard InChI is InChI=1S/C29H18BrN3/c30-22-13-5-12-21(18-22)27-31-28(25-16-6-10-19-8-1-3-14-23(19)25)33-29(32-27)26-17-7-11-20-9-2-4-15-24(20)26/h1-18H. The molecule has 1 heterocycles. The van der Waals surface area contributed by atoms with Crippen molar-refractivity contribution in [2.75, 3.05) is 0 Å². The van der Waals surface area contributed by atoms with Crippen LogP contribution in [0.5, 0.6) is 0 Å². The Bertz CT molecular complexity index is 1530. The highest BCUT2D eigenvalue weighted by Crippen LogP contribution is 2.32. The van der Waals surface area contributed by atoms with Gasteiger partial charge >= 0.3 is 0 Å². The molecule has 0 N–H and O–H groups in total. The fraction of sp³-hybridized carbons (Fsp3) is 0.